The normalized spacial score (nSPS) is 23.1. The van der Waals surface area contributed by atoms with Gasteiger partial charge in [0.2, 0.25) is 5.91 Å². The predicted octanol–water partition coefficient (Wildman–Crippen LogP) is 4.40. The van der Waals surface area contributed by atoms with Gasteiger partial charge in [-0.1, -0.05) is 12.1 Å². The number of piperazine rings is 1. The largest absolute Gasteiger partial charge is 0.506 e. The monoisotopic (exact) mass is 1510 g/mol. The summed E-state index contributed by atoms with van der Waals surface area (Å²) in [6.07, 6.45) is -6.54. The van der Waals surface area contributed by atoms with Gasteiger partial charge in [0.15, 0.2) is 18.1 Å². The van der Waals surface area contributed by atoms with E-state index in [-0.39, 0.29) is 110 Å². The third-order valence-electron chi connectivity index (χ3n) is 18.1. The fourth-order valence-electron chi connectivity index (χ4n) is 12.8. The summed E-state index contributed by atoms with van der Waals surface area (Å²) in [4.78, 5) is 114. The van der Waals surface area contributed by atoms with E-state index in [1.165, 1.54) is 52.7 Å². The van der Waals surface area contributed by atoms with E-state index in [0.29, 0.717) is 43.0 Å². The number of aliphatic hydroxyl groups excluding tert-OH is 2. The van der Waals surface area contributed by atoms with E-state index >= 15 is 19.2 Å². The lowest BCUT2D eigenvalue weighted by molar-refractivity contribution is -0.280. The molecular formula is C66H79N15O17S5. The zero-order valence-corrected chi connectivity index (χ0v) is 61.6. The second kappa shape index (κ2) is 32.1. The minimum atomic E-state index is -1.86. The lowest BCUT2D eigenvalue weighted by Crippen LogP contribution is -2.62. The second-order valence-electron chi connectivity index (χ2n) is 25.6. The fraction of sp³-hybridized carbons (Fsp3) is 0.470. The molecule has 2 fully saturated rings. The number of nitrogens with one attached hydrogen (secondary N) is 5. The lowest BCUT2D eigenvalue weighted by Gasteiger charge is -2.48. The summed E-state index contributed by atoms with van der Waals surface area (Å²) in [5.74, 6) is -3.86. The quantitative estimate of drug-likeness (QED) is 0.0194. The third kappa shape index (κ3) is 16.4. The number of benzene rings is 1. The highest BCUT2D eigenvalue weighted by molar-refractivity contribution is 7.13. The molecule has 2 saturated heterocycles. The van der Waals surface area contributed by atoms with Gasteiger partial charge in [-0.05, 0) is 73.6 Å². The Labute approximate surface area is 610 Å². The van der Waals surface area contributed by atoms with Crippen LogP contribution in [0.2, 0.25) is 0 Å². The van der Waals surface area contributed by atoms with Crippen LogP contribution in [0.25, 0.3) is 49.3 Å². The number of hydrogen-bond donors (Lipinski definition) is 10. The van der Waals surface area contributed by atoms with Crippen molar-refractivity contribution in [3.8, 4) is 38.4 Å². The van der Waals surface area contributed by atoms with Crippen LogP contribution in [-0.2, 0) is 69.2 Å². The van der Waals surface area contributed by atoms with Crippen molar-refractivity contribution in [2.45, 2.75) is 121 Å². The summed E-state index contributed by atoms with van der Waals surface area (Å²) in [5, 5.41) is 77.5. The fourth-order valence-corrected chi connectivity index (χ4v) is 17.0. The van der Waals surface area contributed by atoms with E-state index in [0.717, 1.165) is 60.2 Å². The summed E-state index contributed by atoms with van der Waals surface area (Å²) in [5.41, 5.74) is 3.09. The second-order valence-corrected chi connectivity index (χ2v) is 30.0. The SMILES string of the molecule is CN[C@H](CON/C(=C(\C)OC)c1nc(C(=O)N[C@@H]2c3nc(cs3)C(=O)N[C@H](c3nc(-c4nc(-c5nc(CNC(=O)CN6CCN(C)CC6)cs5)c(O)cc4-c4nc(CO)cs4)cs3)COC(=O)c3c4c5c(cccc5n3O)COC(=O)[C@@H](O[C@H]3C[C@](C)(O)[C@H](N(C)C)[C@H](C)O3)[C@H]2OC4)cs1)[C@@H](C)O. The molecule has 550 valence electrons. The number of carbonyl (C=O) groups is 5. The molecule has 10 N–H and O–H groups in total. The minimum absolute atomic E-state index is 0.00603. The molecule has 0 aliphatic carbocycles. The number of thiazole rings is 5. The Hall–Kier alpha value is -8.09. The van der Waals surface area contributed by atoms with Crippen LogP contribution in [0.1, 0.15) is 115 Å². The Balaban J connectivity index is 0.924. The first-order chi connectivity index (χ1) is 49.4. The highest BCUT2D eigenvalue weighted by Crippen LogP contribution is 2.43. The van der Waals surface area contributed by atoms with E-state index in [1.807, 2.05) is 11.9 Å². The van der Waals surface area contributed by atoms with Gasteiger partial charge in [0.05, 0.1) is 86.8 Å². The van der Waals surface area contributed by atoms with Crippen molar-refractivity contribution in [3.63, 3.8) is 0 Å². The Morgan fingerprint density at radius 3 is 2.38 bits per heavy atom. The number of pyridine rings is 1. The minimum Gasteiger partial charge on any atom is -0.506 e. The van der Waals surface area contributed by atoms with Gasteiger partial charge >= 0.3 is 11.9 Å². The number of aromatic hydroxyl groups is 1. The molecule has 0 unspecified atom stereocenters. The highest BCUT2D eigenvalue weighted by Gasteiger charge is 2.50. The molecule has 32 nitrogen and oxygen atoms in total. The van der Waals surface area contributed by atoms with Crippen molar-refractivity contribution in [1.82, 2.24) is 76.1 Å². The van der Waals surface area contributed by atoms with Gasteiger partial charge in [0, 0.05) is 76.0 Å². The van der Waals surface area contributed by atoms with Crippen LogP contribution in [0.4, 0.5) is 0 Å². The number of ether oxygens (including phenoxy) is 6. The molecule has 0 spiro atoms. The number of aromatic nitrogens is 7. The van der Waals surface area contributed by atoms with Crippen molar-refractivity contribution >= 4 is 103 Å². The first-order valence-corrected chi connectivity index (χ1v) is 37.2. The summed E-state index contributed by atoms with van der Waals surface area (Å²) < 4.78 is 38.5. The van der Waals surface area contributed by atoms with Gasteiger partial charge in [-0.15, -0.1) is 56.7 Å². The zero-order chi connectivity index (χ0) is 73.1. The number of rotatable bonds is 22. The molecule has 0 radical (unpaired) electrons. The van der Waals surface area contributed by atoms with Gasteiger partial charge in [0.25, 0.3) is 11.8 Å². The number of hydrogen-bond acceptors (Lipinski definition) is 33. The first-order valence-electron chi connectivity index (χ1n) is 32.8. The van der Waals surface area contributed by atoms with Crippen LogP contribution in [0, 0.1) is 0 Å². The zero-order valence-electron chi connectivity index (χ0n) is 57.5. The van der Waals surface area contributed by atoms with Gasteiger partial charge in [-0.25, -0.2) is 39.5 Å². The van der Waals surface area contributed by atoms with Gasteiger partial charge < -0.3 is 85.1 Å². The molecule has 4 aliphatic heterocycles. The molecule has 12 rings (SSSR count). The van der Waals surface area contributed by atoms with E-state index < -0.39 is 110 Å². The summed E-state index contributed by atoms with van der Waals surface area (Å²) >= 11 is 5.42. The molecule has 0 saturated carbocycles. The molecule has 37 heteroatoms. The van der Waals surface area contributed by atoms with Crippen molar-refractivity contribution in [1.29, 1.82) is 0 Å². The van der Waals surface area contributed by atoms with Crippen LogP contribution < -0.4 is 26.7 Å². The van der Waals surface area contributed by atoms with E-state index in [1.54, 1.807) is 77.1 Å². The van der Waals surface area contributed by atoms with Crippen LogP contribution in [0.3, 0.4) is 0 Å². The Kier molecular flexibility index (Phi) is 23.3. The van der Waals surface area contributed by atoms with Crippen LogP contribution in [0.15, 0.2) is 56.9 Å². The van der Waals surface area contributed by atoms with Crippen molar-refractivity contribution in [2.75, 3.05) is 81.2 Å². The maximum absolute atomic E-state index is 15.2. The van der Waals surface area contributed by atoms with Crippen molar-refractivity contribution < 1.29 is 82.9 Å². The number of esters is 2. The Morgan fingerprint density at radius 1 is 0.913 bits per heavy atom. The van der Waals surface area contributed by atoms with Crippen LogP contribution in [-0.4, -0.2) is 234 Å². The number of likely N-dealkylation sites (N-methyl/N-ethyl adjacent to an activating group) is 3. The van der Waals surface area contributed by atoms with Crippen LogP contribution in [0.5, 0.6) is 5.75 Å². The lowest BCUT2D eigenvalue weighted by atomic mass is 9.85. The molecule has 3 amide bonds. The number of cyclic esters (lactones) is 2. The number of carbonyl (C=O) groups excluding carboxylic acids is 5. The maximum atomic E-state index is 15.2. The average molecular weight is 1510 g/mol. The number of hydroxylamine groups is 1. The van der Waals surface area contributed by atoms with Gasteiger partial charge in [-0.2, -0.15) is 4.73 Å². The van der Waals surface area contributed by atoms with Crippen LogP contribution >= 0.6 is 56.7 Å². The third-order valence-corrected chi connectivity index (χ3v) is 22.6. The van der Waals surface area contributed by atoms with Gasteiger partial charge in [-0.3, -0.25) is 29.6 Å². The van der Waals surface area contributed by atoms with Gasteiger partial charge in [0.1, 0.15) is 102 Å². The molecule has 7 aromatic heterocycles. The standard InChI is InChI=1S/C66H79N15O17S5/c1-31(83)39(67-5)25-96-77-49(32(2)92-9)61-73-43(30-102-61)58(87)76-52-54-55(98-47-18-66(4,90)56(78(6)7)33(3)97-47)65(89)94-22-34-11-10-12-44-48(34)38(23-93-54)53(81(44)91)64(88)95-24-40(71-57(86)42-29-103-63(52)74-42)60-72-41(28-101-60)50-37(59-70-36(21-82)27-99-59)17-45(84)51(75-50)62-69-35(26-100-62)19-68-46(85)20-80-15-13-79(8)14-16-80/h10-12,17,26-31,33,39-40,47,52,54-56,67,77,82-84,90-91H,13-16,18-25H2,1-9H3,(H,68,85)(H,71,86)(H,76,87)/b49-32+/t31-,33+,39-,40+,47+,52+,54+,55+,56-,66+/m1/s1. The maximum Gasteiger partial charge on any atom is 0.358 e. The Bertz CT molecular complexity index is 4440. The van der Waals surface area contributed by atoms with E-state index in [4.69, 9.17) is 53.2 Å². The number of fused-ring (bicyclic) bond motifs is 4. The molecule has 4 bridgehead atoms. The average Bonchev–Trinajstić information content (AvgIpc) is 1.63. The molecule has 8 aromatic rings. The summed E-state index contributed by atoms with van der Waals surface area (Å²) in [6, 6.07) is 2.38. The summed E-state index contributed by atoms with van der Waals surface area (Å²) in [6.45, 7) is 8.24. The number of nitrogens with zero attached hydrogens (tertiary/aromatic N) is 10. The number of methoxy groups -OCH3 is 1. The predicted molar refractivity (Wildman–Crippen MR) is 378 cm³/mol. The number of amides is 3. The Morgan fingerprint density at radius 2 is 1.65 bits per heavy atom. The molecule has 1 aromatic carbocycles. The highest BCUT2D eigenvalue weighted by atomic mass is 32.1. The summed E-state index contributed by atoms with van der Waals surface area (Å²) in [7, 11) is 8.74. The first kappa shape index (κ1) is 74.6. The molecule has 10 atom stereocenters. The number of allylic oxidation sites excluding steroid dienone is 1. The molecule has 4 aliphatic rings. The number of aliphatic hydroxyl groups is 3. The van der Waals surface area contributed by atoms with Crippen molar-refractivity contribution in [2.24, 2.45) is 0 Å². The van der Waals surface area contributed by atoms with E-state index in [2.05, 4.69) is 46.5 Å². The van der Waals surface area contributed by atoms with Crippen molar-refractivity contribution in [3.05, 3.63) is 112 Å². The molecule has 103 heavy (non-hydrogen) atoms. The smallest absolute Gasteiger partial charge is 0.358 e. The van der Waals surface area contributed by atoms with E-state index in [9.17, 15) is 30.4 Å². The molecular weight excluding hydrogens is 1440 g/mol. The molecule has 11 heterocycles. The topological polar surface area (TPSA) is 403 Å².